The molecule has 0 aliphatic carbocycles. The Morgan fingerprint density at radius 2 is 2.05 bits per heavy atom. The van der Waals surface area contributed by atoms with Gasteiger partial charge >= 0.3 is 0 Å². The molecule has 1 atom stereocenters. The van der Waals surface area contributed by atoms with Crippen molar-refractivity contribution in [1.82, 2.24) is 5.32 Å². The lowest BCUT2D eigenvalue weighted by atomic mass is 9.97. The average molecular weight is 306 g/mol. The van der Waals surface area contributed by atoms with Crippen LogP contribution in [0.5, 0.6) is 11.5 Å². The highest BCUT2D eigenvalue weighted by atomic mass is 32.2. The van der Waals surface area contributed by atoms with E-state index >= 15 is 0 Å². The number of fused-ring (bicyclic) bond motifs is 1. The molecule has 5 heteroatoms. The highest BCUT2D eigenvalue weighted by molar-refractivity contribution is 7.99. The van der Waals surface area contributed by atoms with E-state index in [-0.39, 0.29) is 0 Å². The van der Waals surface area contributed by atoms with Gasteiger partial charge in [0.15, 0.2) is 11.5 Å². The number of unbranched alkanes of at least 4 members (excludes halogenated alkanes) is 1. The Morgan fingerprint density at radius 3 is 2.76 bits per heavy atom. The highest BCUT2D eigenvalue weighted by Crippen LogP contribution is 2.34. The number of hydrogen-bond donors (Lipinski definition) is 1. The van der Waals surface area contributed by atoms with Crippen LogP contribution in [-0.4, -0.2) is 31.6 Å². The van der Waals surface area contributed by atoms with Crippen LogP contribution in [0.25, 0.3) is 0 Å². The van der Waals surface area contributed by atoms with Gasteiger partial charge in [0, 0.05) is 4.90 Å². The smallest absolute Gasteiger partial charge is 0.162 e. The number of rotatable bonds is 7. The molecule has 1 unspecified atom stereocenters. The van der Waals surface area contributed by atoms with Crippen LogP contribution in [0.15, 0.2) is 23.1 Å². The minimum absolute atomic E-state index is 0.401. The first-order chi connectivity index (χ1) is 10.2. The van der Waals surface area contributed by atoms with Crippen molar-refractivity contribution in [3.05, 3.63) is 18.2 Å². The summed E-state index contributed by atoms with van der Waals surface area (Å²) in [5.41, 5.74) is -0.401. The van der Waals surface area contributed by atoms with Gasteiger partial charge in [-0.15, -0.1) is 11.8 Å². The molecule has 114 valence electrons. The summed E-state index contributed by atoms with van der Waals surface area (Å²) >= 11 is 1.82. The second kappa shape index (κ2) is 7.58. The van der Waals surface area contributed by atoms with Crippen molar-refractivity contribution in [3.63, 3.8) is 0 Å². The number of nitrogens with one attached hydrogen (secondary N) is 1. The van der Waals surface area contributed by atoms with E-state index in [2.05, 4.69) is 17.5 Å². The SMILES string of the molecule is CNC(C)(C#N)CCCCSc1ccc2c(c1)OCCO2. The van der Waals surface area contributed by atoms with Crippen molar-refractivity contribution in [3.8, 4) is 17.6 Å². The van der Waals surface area contributed by atoms with Gasteiger partial charge < -0.3 is 14.8 Å². The summed E-state index contributed by atoms with van der Waals surface area (Å²) in [6.07, 6.45) is 3.02. The maximum atomic E-state index is 9.09. The normalized spacial score (nSPS) is 16.0. The zero-order valence-corrected chi connectivity index (χ0v) is 13.5. The third-order valence-corrected chi connectivity index (χ3v) is 4.73. The Labute approximate surface area is 130 Å². The van der Waals surface area contributed by atoms with Crippen molar-refractivity contribution in [2.75, 3.05) is 26.0 Å². The molecule has 0 saturated carbocycles. The Bertz CT molecular complexity index is 515. The van der Waals surface area contributed by atoms with E-state index in [9.17, 15) is 0 Å². The van der Waals surface area contributed by atoms with Gasteiger partial charge in [0.05, 0.1) is 6.07 Å². The Kier molecular flexibility index (Phi) is 5.77. The lowest BCUT2D eigenvalue weighted by molar-refractivity contribution is 0.171. The van der Waals surface area contributed by atoms with Gasteiger partial charge in [-0.25, -0.2) is 0 Å². The average Bonchev–Trinajstić information content (AvgIpc) is 2.54. The Balaban J connectivity index is 1.73. The van der Waals surface area contributed by atoms with Crippen LogP contribution in [0, 0.1) is 11.3 Å². The quantitative estimate of drug-likeness (QED) is 0.619. The molecule has 1 aromatic rings. The van der Waals surface area contributed by atoms with E-state index in [1.54, 1.807) is 0 Å². The number of nitrogens with zero attached hydrogens (tertiary/aromatic N) is 1. The predicted octanol–water partition coefficient (Wildman–Crippen LogP) is 3.22. The lowest BCUT2D eigenvalue weighted by Gasteiger charge is -2.20. The summed E-state index contributed by atoms with van der Waals surface area (Å²) in [5.74, 6) is 2.73. The standard InChI is InChI=1S/C16H22N2O2S/c1-16(12-17,18-2)7-3-4-10-21-13-5-6-14-15(11-13)20-9-8-19-14/h5-6,11,18H,3-4,7-10H2,1-2H3. The zero-order chi connectivity index (χ0) is 15.1. The summed E-state index contributed by atoms with van der Waals surface area (Å²) in [6, 6.07) is 8.42. The van der Waals surface area contributed by atoms with E-state index in [1.807, 2.05) is 37.9 Å². The van der Waals surface area contributed by atoms with E-state index < -0.39 is 5.54 Å². The van der Waals surface area contributed by atoms with Crippen molar-refractivity contribution in [2.45, 2.75) is 36.6 Å². The van der Waals surface area contributed by atoms with Crippen molar-refractivity contribution in [1.29, 1.82) is 5.26 Å². The molecule has 21 heavy (non-hydrogen) atoms. The van der Waals surface area contributed by atoms with E-state index in [0.717, 1.165) is 36.5 Å². The molecule has 1 N–H and O–H groups in total. The zero-order valence-electron chi connectivity index (χ0n) is 12.6. The summed E-state index contributed by atoms with van der Waals surface area (Å²) in [6.45, 7) is 3.20. The molecule has 0 bridgehead atoms. The summed E-state index contributed by atoms with van der Waals surface area (Å²) < 4.78 is 11.1. The third-order valence-electron chi connectivity index (χ3n) is 3.65. The predicted molar refractivity (Wildman–Crippen MR) is 85.1 cm³/mol. The minimum Gasteiger partial charge on any atom is -0.486 e. The molecule has 0 radical (unpaired) electrons. The number of ether oxygens (including phenoxy) is 2. The van der Waals surface area contributed by atoms with Crippen LogP contribution in [0.1, 0.15) is 26.2 Å². The lowest BCUT2D eigenvalue weighted by Crippen LogP contribution is -2.37. The van der Waals surface area contributed by atoms with Gasteiger partial charge in [0.25, 0.3) is 0 Å². The van der Waals surface area contributed by atoms with E-state index in [0.29, 0.717) is 13.2 Å². The van der Waals surface area contributed by atoms with Crippen LogP contribution in [0.4, 0.5) is 0 Å². The molecule has 1 aromatic carbocycles. The molecule has 0 aromatic heterocycles. The topological polar surface area (TPSA) is 54.3 Å². The molecular weight excluding hydrogens is 284 g/mol. The largest absolute Gasteiger partial charge is 0.486 e. The molecule has 4 nitrogen and oxygen atoms in total. The summed E-state index contributed by atoms with van der Waals surface area (Å²) in [5, 5.41) is 12.2. The van der Waals surface area contributed by atoms with Crippen LogP contribution in [-0.2, 0) is 0 Å². The minimum atomic E-state index is -0.401. The molecular formula is C16H22N2O2S. The van der Waals surface area contributed by atoms with Crippen LogP contribution >= 0.6 is 11.8 Å². The number of thioether (sulfide) groups is 1. The highest BCUT2D eigenvalue weighted by Gasteiger charge is 2.19. The summed E-state index contributed by atoms with van der Waals surface area (Å²) in [7, 11) is 1.84. The van der Waals surface area contributed by atoms with Gasteiger partial charge in [-0.2, -0.15) is 5.26 Å². The second-order valence-corrected chi connectivity index (χ2v) is 6.47. The van der Waals surface area contributed by atoms with E-state index in [4.69, 9.17) is 14.7 Å². The molecule has 1 heterocycles. The Morgan fingerprint density at radius 1 is 1.29 bits per heavy atom. The maximum absolute atomic E-state index is 9.09. The molecule has 1 aliphatic heterocycles. The molecule has 2 rings (SSSR count). The Hall–Kier alpha value is -1.38. The van der Waals surface area contributed by atoms with Gasteiger partial charge in [0.2, 0.25) is 0 Å². The van der Waals surface area contributed by atoms with Crippen LogP contribution in [0.2, 0.25) is 0 Å². The fraction of sp³-hybridized carbons (Fsp3) is 0.562. The van der Waals surface area contributed by atoms with Gasteiger partial charge in [0.1, 0.15) is 18.8 Å². The molecule has 0 fully saturated rings. The molecule has 0 saturated heterocycles. The molecule has 1 aliphatic rings. The van der Waals surface area contributed by atoms with Gasteiger partial charge in [-0.05, 0) is 57.2 Å². The maximum Gasteiger partial charge on any atom is 0.162 e. The number of nitriles is 1. The first-order valence-corrected chi connectivity index (χ1v) is 8.28. The first-order valence-electron chi connectivity index (χ1n) is 7.29. The number of hydrogen-bond acceptors (Lipinski definition) is 5. The van der Waals surface area contributed by atoms with Crippen molar-refractivity contribution in [2.24, 2.45) is 0 Å². The fourth-order valence-corrected chi connectivity index (χ4v) is 3.06. The van der Waals surface area contributed by atoms with Gasteiger partial charge in [-0.3, -0.25) is 0 Å². The summed E-state index contributed by atoms with van der Waals surface area (Å²) in [4.78, 5) is 1.20. The third kappa shape index (κ3) is 4.55. The van der Waals surface area contributed by atoms with E-state index in [1.165, 1.54) is 4.90 Å². The molecule has 0 spiro atoms. The fourth-order valence-electron chi connectivity index (χ4n) is 2.12. The van der Waals surface area contributed by atoms with Crippen LogP contribution < -0.4 is 14.8 Å². The number of benzene rings is 1. The molecule has 0 amide bonds. The van der Waals surface area contributed by atoms with Crippen molar-refractivity contribution < 1.29 is 9.47 Å². The van der Waals surface area contributed by atoms with Crippen molar-refractivity contribution >= 4 is 11.8 Å². The monoisotopic (exact) mass is 306 g/mol. The van der Waals surface area contributed by atoms with Gasteiger partial charge in [-0.1, -0.05) is 0 Å². The second-order valence-electron chi connectivity index (χ2n) is 5.30. The first kappa shape index (κ1) is 16.0. The van der Waals surface area contributed by atoms with Crippen LogP contribution in [0.3, 0.4) is 0 Å².